The van der Waals surface area contributed by atoms with Gasteiger partial charge in [-0.25, -0.2) is 0 Å². The van der Waals surface area contributed by atoms with E-state index in [-0.39, 0.29) is 12.5 Å². The summed E-state index contributed by atoms with van der Waals surface area (Å²) >= 11 is 0. The van der Waals surface area contributed by atoms with Crippen molar-refractivity contribution in [3.05, 3.63) is 35.9 Å². The number of hydrogen-bond acceptors (Lipinski definition) is 2. The van der Waals surface area contributed by atoms with Gasteiger partial charge in [0.25, 0.3) is 0 Å². The number of carboxylic acids is 1. The fourth-order valence-electron chi connectivity index (χ4n) is 2.03. The summed E-state index contributed by atoms with van der Waals surface area (Å²) in [5.41, 5.74) is 0.996. The van der Waals surface area contributed by atoms with Gasteiger partial charge in [0, 0.05) is 6.54 Å². The van der Waals surface area contributed by atoms with E-state index in [1.54, 1.807) is 0 Å². The van der Waals surface area contributed by atoms with Crippen LogP contribution in [0.3, 0.4) is 0 Å². The fraction of sp³-hybridized carbons (Fsp3) is 0.333. The first-order chi connectivity index (χ1) is 7.68. The predicted molar refractivity (Wildman–Crippen MR) is 57.8 cm³/mol. The highest BCUT2D eigenvalue weighted by Crippen LogP contribution is 2.22. The fourth-order valence-corrected chi connectivity index (χ4v) is 2.03. The van der Waals surface area contributed by atoms with Crippen LogP contribution in [0.15, 0.2) is 30.3 Å². The van der Waals surface area contributed by atoms with E-state index in [1.807, 2.05) is 30.3 Å². The Kier molecular flexibility index (Phi) is 2.90. The third-order valence-electron chi connectivity index (χ3n) is 2.93. The number of amides is 1. The third kappa shape index (κ3) is 2.05. The molecule has 2 atom stereocenters. The highest BCUT2D eigenvalue weighted by Gasteiger charge is 2.39. The van der Waals surface area contributed by atoms with Crippen molar-refractivity contribution >= 4 is 11.9 Å². The molecule has 84 valence electrons. The second kappa shape index (κ2) is 4.35. The Morgan fingerprint density at radius 3 is 2.69 bits per heavy atom. The van der Waals surface area contributed by atoms with Crippen LogP contribution in [0.5, 0.6) is 0 Å². The van der Waals surface area contributed by atoms with Crippen LogP contribution in [0, 0.1) is 11.8 Å². The Morgan fingerprint density at radius 2 is 2.06 bits per heavy atom. The van der Waals surface area contributed by atoms with E-state index in [0.717, 1.165) is 5.56 Å². The van der Waals surface area contributed by atoms with Gasteiger partial charge in [-0.1, -0.05) is 30.3 Å². The number of hydrogen-bond donors (Lipinski definition) is 2. The van der Waals surface area contributed by atoms with Crippen LogP contribution in [0.25, 0.3) is 0 Å². The van der Waals surface area contributed by atoms with Crippen LogP contribution in [-0.4, -0.2) is 23.5 Å². The zero-order chi connectivity index (χ0) is 11.5. The quantitative estimate of drug-likeness (QED) is 0.785. The van der Waals surface area contributed by atoms with Crippen molar-refractivity contribution in [1.82, 2.24) is 5.32 Å². The smallest absolute Gasteiger partial charge is 0.309 e. The minimum absolute atomic E-state index is 0.156. The molecule has 1 aliphatic rings. The molecule has 0 radical (unpaired) electrons. The van der Waals surface area contributed by atoms with Gasteiger partial charge >= 0.3 is 5.97 Å². The second-order valence-corrected chi connectivity index (χ2v) is 3.99. The van der Waals surface area contributed by atoms with E-state index in [9.17, 15) is 9.59 Å². The standard InChI is InChI=1S/C12H13NO3/c14-11-9(10(7-13-11)12(15)16)6-8-4-2-1-3-5-8/h1-5,9-10H,6-7H2,(H,13,14)(H,15,16)/t9-,10+/m1/s1. The molecular formula is C12H13NO3. The largest absolute Gasteiger partial charge is 0.481 e. The van der Waals surface area contributed by atoms with Crippen molar-refractivity contribution in [1.29, 1.82) is 0 Å². The molecule has 4 heteroatoms. The van der Waals surface area contributed by atoms with Crippen LogP contribution in [-0.2, 0) is 16.0 Å². The number of benzene rings is 1. The summed E-state index contributed by atoms with van der Waals surface area (Å²) in [6.07, 6.45) is 0.490. The maximum atomic E-state index is 11.5. The highest BCUT2D eigenvalue weighted by atomic mass is 16.4. The van der Waals surface area contributed by atoms with E-state index in [0.29, 0.717) is 6.42 Å². The normalized spacial score (nSPS) is 24.1. The van der Waals surface area contributed by atoms with E-state index < -0.39 is 17.8 Å². The number of rotatable bonds is 3. The predicted octanol–water partition coefficient (Wildman–Crippen LogP) is 0.676. The van der Waals surface area contributed by atoms with Gasteiger partial charge < -0.3 is 10.4 Å². The number of carbonyl (C=O) groups excluding carboxylic acids is 1. The molecule has 16 heavy (non-hydrogen) atoms. The second-order valence-electron chi connectivity index (χ2n) is 3.99. The molecule has 2 N–H and O–H groups in total. The molecule has 1 aliphatic heterocycles. The van der Waals surface area contributed by atoms with Gasteiger partial charge in [0.1, 0.15) is 0 Å². The average Bonchev–Trinajstić information content (AvgIpc) is 2.62. The molecule has 4 nitrogen and oxygen atoms in total. The SMILES string of the molecule is O=C(O)[C@H]1CNC(=O)[C@@H]1Cc1ccccc1. The lowest BCUT2D eigenvalue weighted by Crippen LogP contribution is -2.25. The molecular weight excluding hydrogens is 206 g/mol. The van der Waals surface area contributed by atoms with E-state index in [4.69, 9.17) is 5.11 Å². The average molecular weight is 219 g/mol. The van der Waals surface area contributed by atoms with Gasteiger partial charge in [0.2, 0.25) is 5.91 Å². The minimum Gasteiger partial charge on any atom is -0.481 e. The summed E-state index contributed by atoms with van der Waals surface area (Å²) in [5.74, 6) is -2.11. The first kappa shape index (κ1) is 10.7. The lowest BCUT2D eigenvalue weighted by Gasteiger charge is -2.12. The monoisotopic (exact) mass is 219 g/mol. The van der Waals surface area contributed by atoms with Crippen LogP contribution >= 0.6 is 0 Å². The van der Waals surface area contributed by atoms with Gasteiger partial charge in [-0.05, 0) is 12.0 Å². The van der Waals surface area contributed by atoms with Gasteiger partial charge in [0.05, 0.1) is 11.8 Å². The summed E-state index contributed by atoms with van der Waals surface area (Å²) in [6, 6.07) is 9.48. The van der Waals surface area contributed by atoms with Gasteiger partial charge in [-0.15, -0.1) is 0 Å². The zero-order valence-corrected chi connectivity index (χ0v) is 8.72. The van der Waals surface area contributed by atoms with E-state index in [1.165, 1.54) is 0 Å². The summed E-state index contributed by atoms with van der Waals surface area (Å²) in [5, 5.41) is 11.6. The lowest BCUT2D eigenvalue weighted by atomic mass is 9.89. The van der Waals surface area contributed by atoms with E-state index in [2.05, 4.69) is 5.32 Å². The van der Waals surface area contributed by atoms with Crippen LogP contribution in [0.4, 0.5) is 0 Å². The summed E-state index contributed by atoms with van der Waals surface area (Å²) in [7, 11) is 0. The van der Waals surface area contributed by atoms with Crippen molar-refractivity contribution in [3.63, 3.8) is 0 Å². The summed E-state index contributed by atoms with van der Waals surface area (Å²) in [4.78, 5) is 22.5. The maximum absolute atomic E-state index is 11.5. The maximum Gasteiger partial charge on any atom is 0.309 e. The highest BCUT2D eigenvalue weighted by molar-refractivity contribution is 5.88. The Hall–Kier alpha value is -1.84. The molecule has 1 saturated heterocycles. The molecule has 1 heterocycles. The van der Waals surface area contributed by atoms with Crippen molar-refractivity contribution in [2.24, 2.45) is 11.8 Å². The van der Waals surface area contributed by atoms with Crippen LogP contribution in [0.1, 0.15) is 5.56 Å². The first-order valence-electron chi connectivity index (χ1n) is 5.23. The molecule has 1 amide bonds. The molecule has 1 aromatic carbocycles. The number of nitrogens with one attached hydrogen (secondary N) is 1. The lowest BCUT2D eigenvalue weighted by molar-refractivity contribution is -0.143. The summed E-state index contributed by atoms with van der Waals surface area (Å²) < 4.78 is 0. The molecule has 1 fully saturated rings. The number of aliphatic carboxylic acids is 1. The topological polar surface area (TPSA) is 66.4 Å². The number of carbonyl (C=O) groups is 2. The van der Waals surface area contributed by atoms with Crippen molar-refractivity contribution in [2.45, 2.75) is 6.42 Å². The minimum atomic E-state index is -0.903. The Morgan fingerprint density at radius 1 is 1.38 bits per heavy atom. The molecule has 0 aliphatic carbocycles. The Bertz CT molecular complexity index is 402. The summed E-state index contributed by atoms with van der Waals surface area (Å²) in [6.45, 7) is 0.242. The first-order valence-corrected chi connectivity index (χ1v) is 5.23. The Balaban J connectivity index is 2.13. The van der Waals surface area contributed by atoms with Crippen LogP contribution < -0.4 is 5.32 Å². The van der Waals surface area contributed by atoms with Crippen LogP contribution in [0.2, 0.25) is 0 Å². The molecule has 0 unspecified atom stereocenters. The molecule has 1 aromatic rings. The van der Waals surface area contributed by atoms with E-state index >= 15 is 0 Å². The molecule has 0 aromatic heterocycles. The molecule has 2 rings (SSSR count). The van der Waals surface area contributed by atoms with Crippen molar-refractivity contribution in [2.75, 3.05) is 6.54 Å². The number of carboxylic acid groups (broad SMARTS) is 1. The molecule has 0 spiro atoms. The molecule has 0 bridgehead atoms. The van der Waals surface area contributed by atoms with Crippen molar-refractivity contribution < 1.29 is 14.7 Å². The molecule has 0 saturated carbocycles. The van der Waals surface area contributed by atoms with Gasteiger partial charge in [-0.3, -0.25) is 9.59 Å². The third-order valence-corrected chi connectivity index (χ3v) is 2.93. The Labute approximate surface area is 93.3 Å². The zero-order valence-electron chi connectivity index (χ0n) is 8.72. The van der Waals surface area contributed by atoms with Gasteiger partial charge in [-0.2, -0.15) is 0 Å². The van der Waals surface area contributed by atoms with Crippen molar-refractivity contribution in [3.8, 4) is 0 Å². The van der Waals surface area contributed by atoms with Gasteiger partial charge in [0.15, 0.2) is 0 Å².